The minimum atomic E-state index is -0.329. The fraction of sp³-hybridized carbons (Fsp3) is 0.900. The van der Waals surface area contributed by atoms with Gasteiger partial charge in [-0.15, -0.1) is 0 Å². The first-order valence-electron chi connectivity index (χ1n) is 5.17. The number of hydrogen-bond donors (Lipinski definition) is 2. The van der Waals surface area contributed by atoms with E-state index in [4.69, 9.17) is 4.74 Å². The maximum Gasteiger partial charge on any atom is 0.309 e. The molecule has 0 aliphatic rings. The van der Waals surface area contributed by atoms with E-state index in [0.29, 0.717) is 19.7 Å². The standard InChI is InChI=1S/C10H21NO3/c1-4-9(12)7-11-6-8(3)10(13)14-5-2/h8-9,11-12H,4-7H2,1-3H3. The Kier molecular flexibility index (Phi) is 7.42. The molecule has 0 aliphatic carbocycles. The van der Waals surface area contributed by atoms with Crippen LogP contribution in [0.15, 0.2) is 0 Å². The maximum absolute atomic E-state index is 11.2. The molecule has 4 heteroatoms. The summed E-state index contributed by atoms with van der Waals surface area (Å²) in [6.45, 7) is 7.01. The van der Waals surface area contributed by atoms with Crippen LogP contribution in [0.1, 0.15) is 27.2 Å². The summed E-state index contributed by atoms with van der Waals surface area (Å²) in [5, 5.41) is 12.3. The molecule has 0 aromatic rings. The lowest BCUT2D eigenvalue weighted by Crippen LogP contribution is -2.33. The Hall–Kier alpha value is -0.610. The van der Waals surface area contributed by atoms with E-state index >= 15 is 0 Å². The van der Waals surface area contributed by atoms with Gasteiger partial charge in [-0.05, 0) is 13.3 Å². The smallest absolute Gasteiger partial charge is 0.309 e. The van der Waals surface area contributed by atoms with E-state index in [1.54, 1.807) is 6.92 Å². The molecule has 14 heavy (non-hydrogen) atoms. The summed E-state index contributed by atoms with van der Waals surface area (Å²) in [5.41, 5.74) is 0. The maximum atomic E-state index is 11.2. The minimum Gasteiger partial charge on any atom is -0.466 e. The Bertz CT molecular complexity index is 161. The zero-order chi connectivity index (χ0) is 11.0. The summed E-state index contributed by atoms with van der Waals surface area (Å²) in [7, 11) is 0. The van der Waals surface area contributed by atoms with Gasteiger partial charge in [0, 0.05) is 13.1 Å². The van der Waals surface area contributed by atoms with Crippen molar-refractivity contribution in [1.29, 1.82) is 0 Å². The summed E-state index contributed by atoms with van der Waals surface area (Å²) in [5.74, 6) is -0.343. The quantitative estimate of drug-likeness (QED) is 0.593. The Balaban J connectivity index is 3.52. The third-order valence-electron chi connectivity index (χ3n) is 1.99. The number of ether oxygens (including phenoxy) is 1. The molecule has 84 valence electrons. The first-order valence-corrected chi connectivity index (χ1v) is 5.17. The van der Waals surface area contributed by atoms with Crippen LogP contribution in [0.25, 0.3) is 0 Å². The molecule has 0 spiro atoms. The van der Waals surface area contributed by atoms with Crippen molar-refractivity contribution >= 4 is 5.97 Å². The minimum absolute atomic E-state index is 0.154. The summed E-state index contributed by atoms with van der Waals surface area (Å²) in [6, 6.07) is 0. The van der Waals surface area contributed by atoms with Crippen LogP contribution >= 0.6 is 0 Å². The van der Waals surface area contributed by atoms with Gasteiger partial charge in [0.2, 0.25) is 0 Å². The Morgan fingerprint density at radius 1 is 1.43 bits per heavy atom. The summed E-state index contributed by atoms with van der Waals surface area (Å²) in [4.78, 5) is 11.2. The number of nitrogens with one attached hydrogen (secondary N) is 1. The normalized spacial score (nSPS) is 14.9. The van der Waals surface area contributed by atoms with Gasteiger partial charge in [0.05, 0.1) is 18.6 Å². The van der Waals surface area contributed by atoms with Crippen molar-refractivity contribution in [3.8, 4) is 0 Å². The van der Waals surface area contributed by atoms with Crippen LogP contribution < -0.4 is 5.32 Å². The molecular weight excluding hydrogens is 182 g/mol. The van der Waals surface area contributed by atoms with Gasteiger partial charge in [0.25, 0.3) is 0 Å². The molecule has 0 aromatic carbocycles. The third-order valence-corrected chi connectivity index (χ3v) is 1.99. The summed E-state index contributed by atoms with van der Waals surface area (Å²) < 4.78 is 4.85. The zero-order valence-corrected chi connectivity index (χ0v) is 9.25. The molecule has 0 heterocycles. The lowest BCUT2D eigenvalue weighted by Gasteiger charge is -2.13. The average Bonchev–Trinajstić information content (AvgIpc) is 2.17. The Morgan fingerprint density at radius 3 is 2.57 bits per heavy atom. The number of rotatable bonds is 7. The number of aliphatic hydroxyl groups is 1. The molecule has 4 nitrogen and oxygen atoms in total. The van der Waals surface area contributed by atoms with Gasteiger partial charge in [0.1, 0.15) is 0 Å². The predicted molar refractivity (Wildman–Crippen MR) is 55.0 cm³/mol. The van der Waals surface area contributed by atoms with E-state index in [9.17, 15) is 9.90 Å². The van der Waals surface area contributed by atoms with Crippen LogP contribution in [-0.2, 0) is 9.53 Å². The molecule has 0 saturated carbocycles. The summed E-state index contributed by atoms with van der Waals surface area (Å²) in [6.07, 6.45) is 0.394. The van der Waals surface area contributed by atoms with Crippen LogP contribution in [0.5, 0.6) is 0 Å². The highest BCUT2D eigenvalue weighted by Crippen LogP contribution is 1.97. The van der Waals surface area contributed by atoms with Crippen LogP contribution in [0.4, 0.5) is 0 Å². The van der Waals surface area contributed by atoms with E-state index in [-0.39, 0.29) is 18.0 Å². The van der Waals surface area contributed by atoms with E-state index < -0.39 is 0 Å². The first kappa shape index (κ1) is 13.4. The number of carbonyl (C=O) groups excluding carboxylic acids is 1. The lowest BCUT2D eigenvalue weighted by molar-refractivity contribution is -0.147. The number of aliphatic hydroxyl groups excluding tert-OH is 1. The van der Waals surface area contributed by atoms with Crippen LogP contribution in [-0.4, -0.2) is 36.9 Å². The summed E-state index contributed by atoms with van der Waals surface area (Å²) >= 11 is 0. The molecule has 0 fully saturated rings. The molecule has 2 N–H and O–H groups in total. The van der Waals surface area contributed by atoms with Crippen molar-refractivity contribution in [1.82, 2.24) is 5.32 Å². The van der Waals surface area contributed by atoms with Crippen molar-refractivity contribution in [3.63, 3.8) is 0 Å². The Morgan fingerprint density at radius 2 is 2.07 bits per heavy atom. The highest BCUT2D eigenvalue weighted by molar-refractivity contribution is 5.72. The van der Waals surface area contributed by atoms with Crippen LogP contribution in [0.3, 0.4) is 0 Å². The number of carbonyl (C=O) groups is 1. The highest BCUT2D eigenvalue weighted by atomic mass is 16.5. The van der Waals surface area contributed by atoms with Gasteiger partial charge in [-0.3, -0.25) is 4.79 Å². The van der Waals surface area contributed by atoms with E-state index in [1.165, 1.54) is 0 Å². The second kappa shape index (κ2) is 7.76. The van der Waals surface area contributed by atoms with E-state index in [2.05, 4.69) is 5.32 Å². The number of hydrogen-bond acceptors (Lipinski definition) is 4. The molecule has 0 radical (unpaired) electrons. The van der Waals surface area contributed by atoms with E-state index in [0.717, 1.165) is 6.42 Å². The molecule has 0 bridgehead atoms. The fourth-order valence-electron chi connectivity index (χ4n) is 0.979. The lowest BCUT2D eigenvalue weighted by atomic mass is 10.2. The van der Waals surface area contributed by atoms with Gasteiger partial charge in [-0.1, -0.05) is 13.8 Å². The largest absolute Gasteiger partial charge is 0.466 e. The van der Waals surface area contributed by atoms with Crippen molar-refractivity contribution in [2.24, 2.45) is 5.92 Å². The van der Waals surface area contributed by atoms with Crippen molar-refractivity contribution in [3.05, 3.63) is 0 Å². The molecule has 0 saturated heterocycles. The van der Waals surface area contributed by atoms with Gasteiger partial charge in [-0.2, -0.15) is 0 Å². The SMILES string of the molecule is CCOC(=O)C(C)CNCC(O)CC. The van der Waals surface area contributed by atoms with Gasteiger partial charge < -0.3 is 15.2 Å². The topological polar surface area (TPSA) is 58.6 Å². The van der Waals surface area contributed by atoms with Gasteiger partial charge in [-0.25, -0.2) is 0 Å². The molecule has 0 amide bonds. The number of esters is 1. The molecular formula is C10H21NO3. The molecule has 0 aromatic heterocycles. The Labute approximate surface area is 85.6 Å². The van der Waals surface area contributed by atoms with Crippen LogP contribution in [0.2, 0.25) is 0 Å². The average molecular weight is 203 g/mol. The van der Waals surface area contributed by atoms with Crippen LogP contribution in [0, 0.1) is 5.92 Å². The van der Waals surface area contributed by atoms with Crippen molar-refractivity contribution < 1.29 is 14.6 Å². The van der Waals surface area contributed by atoms with Gasteiger partial charge in [0.15, 0.2) is 0 Å². The zero-order valence-electron chi connectivity index (χ0n) is 9.25. The highest BCUT2D eigenvalue weighted by Gasteiger charge is 2.13. The third kappa shape index (κ3) is 5.94. The monoisotopic (exact) mass is 203 g/mol. The van der Waals surface area contributed by atoms with Crippen molar-refractivity contribution in [2.75, 3.05) is 19.7 Å². The molecule has 2 unspecified atom stereocenters. The van der Waals surface area contributed by atoms with E-state index in [1.807, 2.05) is 13.8 Å². The predicted octanol–water partition coefficient (Wildman–Crippen LogP) is 0.546. The van der Waals surface area contributed by atoms with Gasteiger partial charge >= 0.3 is 5.97 Å². The molecule has 0 aliphatic heterocycles. The fourth-order valence-corrected chi connectivity index (χ4v) is 0.979. The second-order valence-corrected chi connectivity index (χ2v) is 3.37. The molecule has 2 atom stereocenters. The second-order valence-electron chi connectivity index (χ2n) is 3.37. The molecule has 0 rings (SSSR count). The first-order chi connectivity index (χ1) is 6.61. The van der Waals surface area contributed by atoms with Crippen molar-refractivity contribution in [2.45, 2.75) is 33.3 Å².